The molecule has 0 unspecified atom stereocenters. The van der Waals surface area contributed by atoms with Crippen LogP contribution in [0.5, 0.6) is 5.75 Å². The average molecular weight is 283 g/mol. The summed E-state index contributed by atoms with van der Waals surface area (Å²) in [4.78, 5) is 0. The fourth-order valence-electron chi connectivity index (χ4n) is 2.30. The third-order valence-corrected chi connectivity index (χ3v) is 3.37. The van der Waals surface area contributed by atoms with Crippen molar-refractivity contribution in [1.82, 2.24) is 5.32 Å². The largest absolute Gasteiger partial charge is 0.494 e. The molecule has 0 atom stereocenters. The van der Waals surface area contributed by atoms with Gasteiger partial charge in [0.2, 0.25) is 0 Å². The molecule has 2 aromatic carbocycles. The summed E-state index contributed by atoms with van der Waals surface area (Å²) >= 11 is 0. The second kappa shape index (κ2) is 8.48. The summed E-state index contributed by atoms with van der Waals surface area (Å²) in [6, 6.07) is 17.0. The molecule has 112 valence electrons. The number of aryl methyl sites for hydroxylation is 1. The Balaban J connectivity index is 1.75. The van der Waals surface area contributed by atoms with Gasteiger partial charge < -0.3 is 10.1 Å². The van der Waals surface area contributed by atoms with Crippen molar-refractivity contribution < 1.29 is 4.74 Å². The number of ether oxygens (including phenoxy) is 1. The van der Waals surface area contributed by atoms with E-state index >= 15 is 0 Å². The van der Waals surface area contributed by atoms with Gasteiger partial charge in [0, 0.05) is 6.54 Å². The van der Waals surface area contributed by atoms with Crippen molar-refractivity contribution in [3.8, 4) is 5.75 Å². The maximum absolute atomic E-state index is 5.66. The van der Waals surface area contributed by atoms with Gasteiger partial charge in [-0.05, 0) is 49.6 Å². The highest BCUT2D eigenvalue weighted by Gasteiger charge is 1.98. The van der Waals surface area contributed by atoms with E-state index in [0.717, 1.165) is 38.3 Å². The van der Waals surface area contributed by atoms with E-state index < -0.39 is 0 Å². The second-order valence-electron chi connectivity index (χ2n) is 5.41. The number of rotatable bonds is 8. The summed E-state index contributed by atoms with van der Waals surface area (Å²) in [5.74, 6) is 0.967. The predicted octanol–water partition coefficient (Wildman–Crippen LogP) is 4.12. The van der Waals surface area contributed by atoms with Crippen LogP contribution in [-0.2, 0) is 13.0 Å². The molecule has 0 radical (unpaired) electrons. The van der Waals surface area contributed by atoms with Gasteiger partial charge in [-0.25, -0.2) is 0 Å². The maximum atomic E-state index is 5.66. The van der Waals surface area contributed by atoms with Gasteiger partial charge in [-0.2, -0.15) is 0 Å². The molecule has 2 nitrogen and oxygen atoms in total. The first kappa shape index (κ1) is 15.6. The molecule has 2 aromatic rings. The van der Waals surface area contributed by atoms with Crippen LogP contribution in [0.2, 0.25) is 0 Å². The van der Waals surface area contributed by atoms with Crippen molar-refractivity contribution in [2.45, 2.75) is 33.2 Å². The minimum Gasteiger partial charge on any atom is -0.494 e. The zero-order valence-electron chi connectivity index (χ0n) is 13.1. The molecule has 0 aromatic heterocycles. The van der Waals surface area contributed by atoms with Crippen LogP contribution in [0.4, 0.5) is 0 Å². The number of hydrogen-bond donors (Lipinski definition) is 1. The topological polar surface area (TPSA) is 21.3 Å². The van der Waals surface area contributed by atoms with E-state index in [9.17, 15) is 0 Å². The molecule has 0 saturated heterocycles. The summed E-state index contributed by atoms with van der Waals surface area (Å²) in [6.45, 7) is 6.91. The van der Waals surface area contributed by atoms with Gasteiger partial charge in [0.25, 0.3) is 0 Å². The normalized spacial score (nSPS) is 10.6. The Labute approximate surface area is 128 Å². The summed E-state index contributed by atoms with van der Waals surface area (Å²) in [5.41, 5.74) is 3.99. The lowest BCUT2D eigenvalue weighted by Gasteiger charge is -2.08. The SMILES string of the molecule is CCCOc1cccc(CNCCc2cccc(C)c2)c1. The zero-order chi connectivity index (χ0) is 14.9. The fourth-order valence-corrected chi connectivity index (χ4v) is 2.30. The van der Waals surface area contributed by atoms with E-state index in [1.165, 1.54) is 16.7 Å². The highest BCUT2D eigenvalue weighted by atomic mass is 16.5. The summed E-state index contributed by atoms with van der Waals surface area (Å²) < 4.78 is 5.66. The lowest BCUT2D eigenvalue weighted by molar-refractivity contribution is 0.317. The van der Waals surface area contributed by atoms with Crippen LogP contribution in [0.1, 0.15) is 30.0 Å². The molecule has 0 aliphatic rings. The Kier molecular flexibility index (Phi) is 6.29. The second-order valence-corrected chi connectivity index (χ2v) is 5.41. The van der Waals surface area contributed by atoms with Crippen LogP contribution >= 0.6 is 0 Å². The maximum Gasteiger partial charge on any atom is 0.119 e. The summed E-state index contributed by atoms with van der Waals surface area (Å²) in [7, 11) is 0. The van der Waals surface area contributed by atoms with E-state index in [2.05, 4.69) is 61.6 Å². The van der Waals surface area contributed by atoms with E-state index in [1.807, 2.05) is 6.07 Å². The van der Waals surface area contributed by atoms with Crippen molar-refractivity contribution in [3.05, 3.63) is 65.2 Å². The minimum absolute atomic E-state index is 0.782. The summed E-state index contributed by atoms with van der Waals surface area (Å²) in [6.07, 6.45) is 2.10. The first-order valence-corrected chi connectivity index (χ1v) is 7.76. The minimum atomic E-state index is 0.782. The van der Waals surface area contributed by atoms with E-state index in [0.29, 0.717) is 0 Å². The molecule has 2 heteroatoms. The molecule has 0 heterocycles. The highest BCUT2D eigenvalue weighted by molar-refractivity contribution is 5.28. The quantitative estimate of drug-likeness (QED) is 0.736. The Morgan fingerprint density at radius 1 is 1.00 bits per heavy atom. The zero-order valence-corrected chi connectivity index (χ0v) is 13.1. The first-order valence-electron chi connectivity index (χ1n) is 7.76. The van der Waals surface area contributed by atoms with Gasteiger partial charge in [-0.3, -0.25) is 0 Å². The van der Waals surface area contributed by atoms with Crippen molar-refractivity contribution in [2.24, 2.45) is 0 Å². The lowest BCUT2D eigenvalue weighted by atomic mass is 10.1. The van der Waals surface area contributed by atoms with Gasteiger partial charge in [0.15, 0.2) is 0 Å². The Bertz CT molecular complexity index is 551. The first-order chi connectivity index (χ1) is 10.3. The van der Waals surface area contributed by atoms with Crippen molar-refractivity contribution in [1.29, 1.82) is 0 Å². The van der Waals surface area contributed by atoms with Crippen LogP contribution in [0, 0.1) is 6.92 Å². The van der Waals surface area contributed by atoms with Gasteiger partial charge in [-0.15, -0.1) is 0 Å². The third kappa shape index (κ3) is 5.60. The van der Waals surface area contributed by atoms with Crippen LogP contribution in [0.25, 0.3) is 0 Å². The Morgan fingerprint density at radius 3 is 2.62 bits per heavy atom. The molecule has 0 saturated carbocycles. The monoisotopic (exact) mass is 283 g/mol. The van der Waals surface area contributed by atoms with Crippen LogP contribution in [0.15, 0.2) is 48.5 Å². The number of hydrogen-bond acceptors (Lipinski definition) is 2. The van der Waals surface area contributed by atoms with Crippen molar-refractivity contribution >= 4 is 0 Å². The van der Waals surface area contributed by atoms with Crippen LogP contribution < -0.4 is 10.1 Å². The molecule has 21 heavy (non-hydrogen) atoms. The standard InChI is InChI=1S/C19H25NO/c1-3-12-21-19-9-5-8-18(14-19)15-20-11-10-17-7-4-6-16(2)13-17/h4-9,13-14,20H,3,10-12,15H2,1-2H3. The van der Waals surface area contributed by atoms with E-state index in [1.54, 1.807) is 0 Å². The molecule has 0 aliphatic heterocycles. The van der Waals surface area contributed by atoms with Crippen molar-refractivity contribution in [2.75, 3.05) is 13.2 Å². The van der Waals surface area contributed by atoms with Crippen LogP contribution in [0.3, 0.4) is 0 Å². The van der Waals surface area contributed by atoms with E-state index in [4.69, 9.17) is 4.74 Å². The molecule has 0 amide bonds. The predicted molar refractivity (Wildman–Crippen MR) is 88.8 cm³/mol. The smallest absolute Gasteiger partial charge is 0.119 e. The van der Waals surface area contributed by atoms with Crippen LogP contribution in [-0.4, -0.2) is 13.2 Å². The summed E-state index contributed by atoms with van der Waals surface area (Å²) in [5, 5.41) is 3.50. The molecular weight excluding hydrogens is 258 g/mol. The third-order valence-electron chi connectivity index (χ3n) is 3.37. The molecule has 0 spiro atoms. The van der Waals surface area contributed by atoms with E-state index in [-0.39, 0.29) is 0 Å². The molecule has 0 aliphatic carbocycles. The fraction of sp³-hybridized carbons (Fsp3) is 0.368. The molecule has 1 N–H and O–H groups in total. The number of benzene rings is 2. The molecule has 0 bridgehead atoms. The average Bonchev–Trinajstić information content (AvgIpc) is 2.50. The van der Waals surface area contributed by atoms with Gasteiger partial charge in [-0.1, -0.05) is 48.9 Å². The molecular formula is C19H25NO. The molecule has 0 fully saturated rings. The number of nitrogens with one attached hydrogen (secondary N) is 1. The highest BCUT2D eigenvalue weighted by Crippen LogP contribution is 2.13. The lowest BCUT2D eigenvalue weighted by Crippen LogP contribution is -2.16. The van der Waals surface area contributed by atoms with Gasteiger partial charge in [0.05, 0.1) is 6.61 Å². The van der Waals surface area contributed by atoms with Gasteiger partial charge >= 0.3 is 0 Å². The van der Waals surface area contributed by atoms with Gasteiger partial charge in [0.1, 0.15) is 5.75 Å². The Hall–Kier alpha value is -1.80. The van der Waals surface area contributed by atoms with Crippen molar-refractivity contribution in [3.63, 3.8) is 0 Å². The Morgan fingerprint density at radius 2 is 1.81 bits per heavy atom. The molecule has 2 rings (SSSR count).